The van der Waals surface area contributed by atoms with Gasteiger partial charge in [-0.25, -0.2) is 0 Å². The average Bonchev–Trinajstić information content (AvgIpc) is 2.02. The number of nitrogens with one attached hydrogen (secondary N) is 1. The third-order valence-corrected chi connectivity index (χ3v) is 2.17. The Kier molecular flexibility index (Phi) is 1.94. The lowest BCUT2D eigenvalue weighted by Gasteiger charge is -2.26. The number of rotatable bonds is 2. The van der Waals surface area contributed by atoms with Gasteiger partial charge in [0.15, 0.2) is 0 Å². The quantitative estimate of drug-likeness (QED) is 0.543. The smallest absolute Gasteiger partial charge is 0.292 e. The summed E-state index contributed by atoms with van der Waals surface area (Å²) in [5, 5.41) is 13.7. The first kappa shape index (κ1) is 8.12. The first-order valence-electron chi connectivity index (χ1n) is 4.12. The van der Waals surface area contributed by atoms with Gasteiger partial charge in [-0.05, 0) is 19.0 Å². The van der Waals surface area contributed by atoms with Crippen molar-refractivity contribution in [2.75, 3.05) is 6.54 Å². The monoisotopic (exact) mass is 179 g/mol. The Morgan fingerprint density at radius 3 is 3.00 bits per heavy atom. The summed E-state index contributed by atoms with van der Waals surface area (Å²) < 4.78 is 0. The molecule has 68 valence electrons. The van der Waals surface area contributed by atoms with Crippen molar-refractivity contribution in [3.63, 3.8) is 0 Å². The van der Waals surface area contributed by atoms with E-state index in [0.717, 1.165) is 13.0 Å². The number of aromatic nitrogens is 1. The maximum atomic E-state index is 10.6. The molecule has 1 N–H and O–H groups in total. The van der Waals surface area contributed by atoms with Crippen LogP contribution in [0.2, 0.25) is 0 Å². The highest BCUT2D eigenvalue weighted by Crippen LogP contribution is 2.28. The Morgan fingerprint density at radius 1 is 1.69 bits per heavy atom. The Hall–Kier alpha value is -1.49. The number of hydrogen-bond acceptors (Lipinski definition) is 4. The van der Waals surface area contributed by atoms with Crippen LogP contribution in [0.5, 0.6) is 0 Å². The highest BCUT2D eigenvalue weighted by Gasteiger charge is 2.27. The summed E-state index contributed by atoms with van der Waals surface area (Å²) >= 11 is 0. The van der Waals surface area contributed by atoms with Gasteiger partial charge in [0.1, 0.15) is 5.69 Å². The lowest BCUT2D eigenvalue weighted by atomic mass is 10.0. The molecule has 0 aliphatic carbocycles. The van der Waals surface area contributed by atoms with Gasteiger partial charge in [0.25, 0.3) is 5.69 Å². The van der Waals surface area contributed by atoms with Gasteiger partial charge in [-0.15, -0.1) is 0 Å². The molecule has 0 bridgehead atoms. The van der Waals surface area contributed by atoms with Crippen molar-refractivity contribution in [1.29, 1.82) is 0 Å². The second kappa shape index (κ2) is 3.10. The number of nitrogens with zero attached hydrogens (tertiary/aromatic N) is 2. The van der Waals surface area contributed by atoms with Gasteiger partial charge in [-0.2, -0.15) is 0 Å². The molecule has 5 nitrogen and oxygen atoms in total. The fourth-order valence-electron chi connectivity index (χ4n) is 1.35. The molecule has 0 radical (unpaired) electrons. The summed E-state index contributed by atoms with van der Waals surface area (Å²) in [7, 11) is 0. The molecule has 0 spiro atoms. The molecule has 1 atom stereocenters. The topological polar surface area (TPSA) is 68.1 Å². The van der Waals surface area contributed by atoms with E-state index in [1.807, 2.05) is 0 Å². The van der Waals surface area contributed by atoms with Crippen LogP contribution in [0.3, 0.4) is 0 Å². The zero-order valence-electron chi connectivity index (χ0n) is 6.93. The molecule has 2 heterocycles. The molecule has 1 aliphatic rings. The molecule has 0 unspecified atom stereocenters. The molecule has 0 aromatic carbocycles. The Labute approximate surface area is 74.9 Å². The van der Waals surface area contributed by atoms with Crippen LogP contribution in [0, 0.1) is 10.1 Å². The molecule has 1 aromatic heterocycles. The minimum atomic E-state index is -0.387. The minimum Gasteiger partial charge on any atom is -0.308 e. The predicted molar refractivity (Wildman–Crippen MR) is 46.3 cm³/mol. The lowest BCUT2D eigenvalue weighted by Crippen LogP contribution is -2.35. The van der Waals surface area contributed by atoms with Crippen LogP contribution in [-0.4, -0.2) is 16.5 Å². The van der Waals surface area contributed by atoms with Gasteiger partial charge in [0, 0.05) is 12.3 Å². The van der Waals surface area contributed by atoms with Crippen molar-refractivity contribution in [1.82, 2.24) is 10.3 Å². The molecule has 13 heavy (non-hydrogen) atoms. The maximum absolute atomic E-state index is 10.6. The fourth-order valence-corrected chi connectivity index (χ4v) is 1.35. The Balaban J connectivity index is 2.36. The third-order valence-electron chi connectivity index (χ3n) is 2.17. The van der Waals surface area contributed by atoms with Crippen molar-refractivity contribution in [3.8, 4) is 0 Å². The van der Waals surface area contributed by atoms with Crippen LogP contribution < -0.4 is 5.32 Å². The first-order chi connectivity index (χ1) is 6.29. The van der Waals surface area contributed by atoms with E-state index >= 15 is 0 Å². The molecular formula is C8H9N3O2. The van der Waals surface area contributed by atoms with Gasteiger partial charge < -0.3 is 5.32 Å². The Bertz CT molecular complexity index is 336. The molecule has 5 heteroatoms. The van der Waals surface area contributed by atoms with Crippen molar-refractivity contribution < 1.29 is 4.92 Å². The van der Waals surface area contributed by atoms with Crippen LogP contribution in [-0.2, 0) is 0 Å². The van der Waals surface area contributed by atoms with Crippen LogP contribution in [0.1, 0.15) is 18.2 Å². The van der Waals surface area contributed by atoms with E-state index in [9.17, 15) is 10.1 Å². The second-order valence-electron chi connectivity index (χ2n) is 2.96. The number of hydrogen-bond donors (Lipinski definition) is 1. The number of pyridine rings is 1. The van der Waals surface area contributed by atoms with E-state index in [2.05, 4.69) is 10.3 Å². The molecule has 0 amide bonds. The van der Waals surface area contributed by atoms with Crippen molar-refractivity contribution in [3.05, 3.63) is 34.1 Å². The van der Waals surface area contributed by atoms with E-state index in [4.69, 9.17) is 0 Å². The van der Waals surface area contributed by atoms with E-state index in [0.29, 0.717) is 5.69 Å². The summed E-state index contributed by atoms with van der Waals surface area (Å²) in [6.07, 6.45) is 2.51. The van der Waals surface area contributed by atoms with Crippen LogP contribution >= 0.6 is 0 Å². The van der Waals surface area contributed by atoms with E-state index < -0.39 is 0 Å². The first-order valence-corrected chi connectivity index (χ1v) is 4.12. The van der Waals surface area contributed by atoms with E-state index in [1.54, 1.807) is 12.3 Å². The van der Waals surface area contributed by atoms with E-state index in [-0.39, 0.29) is 16.7 Å². The molecular weight excluding hydrogens is 170 g/mol. The fraction of sp³-hybridized carbons (Fsp3) is 0.375. The van der Waals surface area contributed by atoms with Crippen LogP contribution in [0.25, 0.3) is 0 Å². The molecule has 0 saturated carbocycles. The third kappa shape index (κ3) is 1.38. The summed E-state index contributed by atoms with van der Waals surface area (Å²) in [6, 6.07) is 3.14. The molecule has 1 aromatic rings. The average molecular weight is 179 g/mol. The normalized spacial score (nSPS) is 20.8. The summed E-state index contributed by atoms with van der Waals surface area (Å²) in [5.74, 6) is 0. The summed E-state index contributed by atoms with van der Waals surface area (Å²) in [5.41, 5.74) is 0.665. The molecule has 2 rings (SSSR count). The zero-order valence-corrected chi connectivity index (χ0v) is 6.93. The van der Waals surface area contributed by atoms with Crippen LogP contribution in [0.4, 0.5) is 5.69 Å². The second-order valence-corrected chi connectivity index (χ2v) is 2.96. The van der Waals surface area contributed by atoms with Gasteiger partial charge in [-0.1, -0.05) is 0 Å². The summed E-state index contributed by atoms with van der Waals surface area (Å²) in [6.45, 7) is 0.915. The van der Waals surface area contributed by atoms with Crippen molar-refractivity contribution >= 4 is 5.69 Å². The standard InChI is InChI=1S/C8H9N3O2/c12-11(13)7-2-1-4-10-8(7)6-3-5-9-6/h1-2,4,6,9H,3,5H2/t6-/m0/s1. The van der Waals surface area contributed by atoms with Gasteiger partial charge in [-0.3, -0.25) is 15.1 Å². The lowest BCUT2D eigenvalue weighted by molar-refractivity contribution is -0.386. The van der Waals surface area contributed by atoms with Crippen LogP contribution in [0.15, 0.2) is 18.3 Å². The number of nitro groups is 1. The van der Waals surface area contributed by atoms with Gasteiger partial charge >= 0.3 is 0 Å². The maximum Gasteiger partial charge on any atom is 0.292 e. The summed E-state index contributed by atoms with van der Waals surface area (Å²) in [4.78, 5) is 14.2. The molecule has 1 fully saturated rings. The highest BCUT2D eigenvalue weighted by molar-refractivity contribution is 5.37. The molecule has 1 saturated heterocycles. The van der Waals surface area contributed by atoms with E-state index in [1.165, 1.54) is 6.07 Å². The van der Waals surface area contributed by atoms with Crippen molar-refractivity contribution in [2.24, 2.45) is 0 Å². The highest BCUT2D eigenvalue weighted by atomic mass is 16.6. The van der Waals surface area contributed by atoms with Gasteiger partial charge in [0.05, 0.1) is 11.0 Å². The Morgan fingerprint density at radius 2 is 2.46 bits per heavy atom. The van der Waals surface area contributed by atoms with Crippen molar-refractivity contribution in [2.45, 2.75) is 12.5 Å². The minimum absolute atomic E-state index is 0.0709. The largest absolute Gasteiger partial charge is 0.308 e. The van der Waals surface area contributed by atoms with Gasteiger partial charge in [0.2, 0.25) is 0 Å². The zero-order chi connectivity index (χ0) is 9.26. The molecule has 1 aliphatic heterocycles. The predicted octanol–water partition coefficient (Wildman–Crippen LogP) is 1.02. The SMILES string of the molecule is O=[N+]([O-])c1cccnc1[C@@H]1CCN1.